The van der Waals surface area contributed by atoms with Crippen LogP contribution in [0.5, 0.6) is 5.75 Å². The molecule has 28 heavy (non-hydrogen) atoms. The number of anilines is 1. The standard InChI is InChI=1S/C21H23N3O3S/c1-13-5-6-18(16(4)8-13)22-19(25)12-28-21-24-23-20(27-21)11-26-17-9-14(2)7-15(3)10-17/h5-10H,11-12H2,1-4H3,(H,22,25). The van der Waals surface area contributed by atoms with Gasteiger partial charge in [0.1, 0.15) is 5.75 Å². The zero-order valence-electron chi connectivity index (χ0n) is 16.4. The van der Waals surface area contributed by atoms with Crippen LogP contribution in [0.4, 0.5) is 5.69 Å². The minimum absolute atomic E-state index is 0.122. The molecule has 3 aromatic rings. The van der Waals surface area contributed by atoms with Crippen molar-refractivity contribution >= 4 is 23.4 Å². The predicted octanol–water partition coefficient (Wildman–Crippen LogP) is 4.61. The maximum Gasteiger partial charge on any atom is 0.277 e. The van der Waals surface area contributed by atoms with E-state index in [4.69, 9.17) is 9.15 Å². The molecule has 7 heteroatoms. The quantitative estimate of drug-likeness (QED) is 0.587. The molecule has 146 valence electrons. The number of carbonyl (C=O) groups is 1. The van der Waals surface area contributed by atoms with Gasteiger partial charge < -0.3 is 14.5 Å². The first-order valence-corrected chi connectivity index (χ1v) is 9.91. The molecule has 1 aromatic heterocycles. The number of benzene rings is 2. The van der Waals surface area contributed by atoms with Gasteiger partial charge in [0.25, 0.3) is 11.1 Å². The second-order valence-corrected chi connectivity index (χ2v) is 7.66. The highest BCUT2D eigenvalue weighted by atomic mass is 32.2. The Balaban J connectivity index is 1.49. The maximum atomic E-state index is 12.2. The SMILES string of the molecule is Cc1cc(C)cc(OCc2nnc(SCC(=O)Nc3ccc(C)cc3C)o2)c1. The highest BCUT2D eigenvalue weighted by Crippen LogP contribution is 2.21. The average molecular weight is 398 g/mol. The summed E-state index contributed by atoms with van der Waals surface area (Å²) in [5.41, 5.74) is 5.26. The van der Waals surface area contributed by atoms with Gasteiger partial charge >= 0.3 is 0 Å². The summed E-state index contributed by atoms with van der Waals surface area (Å²) < 4.78 is 11.3. The second-order valence-electron chi connectivity index (χ2n) is 6.73. The summed E-state index contributed by atoms with van der Waals surface area (Å²) in [5, 5.41) is 11.2. The molecule has 0 unspecified atom stereocenters. The summed E-state index contributed by atoms with van der Waals surface area (Å²) in [5.74, 6) is 1.20. The molecular weight excluding hydrogens is 374 g/mol. The monoisotopic (exact) mass is 397 g/mol. The zero-order chi connectivity index (χ0) is 20.1. The fourth-order valence-corrected chi connectivity index (χ4v) is 3.36. The molecule has 0 radical (unpaired) electrons. The van der Waals surface area contributed by atoms with Crippen molar-refractivity contribution in [2.45, 2.75) is 39.5 Å². The molecule has 0 saturated carbocycles. The number of nitrogens with one attached hydrogen (secondary N) is 1. The van der Waals surface area contributed by atoms with Gasteiger partial charge in [-0.2, -0.15) is 0 Å². The Kier molecular flexibility index (Phi) is 6.36. The van der Waals surface area contributed by atoms with Crippen LogP contribution >= 0.6 is 11.8 Å². The minimum atomic E-state index is -0.122. The average Bonchev–Trinajstić information content (AvgIpc) is 3.08. The Hall–Kier alpha value is -2.80. The van der Waals surface area contributed by atoms with Crippen LogP contribution in [0.3, 0.4) is 0 Å². The summed E-state index contributed by atoms with van der Waals surface area (Å²) in [7, 11) is 0. The van der Waals surface area contributed by atoms with Crippen molar-refractivity contribution in [3.63, 3.8) is 0 Å². The van der Waals surface area contributed by atoms with E-state index in [0.29, 0.717) is 11.1 Å². The molecule has 3 rings (SSSR count). The summed E-state index contributed by atoms with van der Waals surface area (Å²) in [6.45, 7) is 8.21. The fourth-order valence-electron chi connectivity index (χ4n) is 2.78. The van der Waals surface area contributed by atoms with Crippen LogP contribution in [0.2, 0.25) is 0 Å². The van der Waals surface area contributed by atoms with Gasteiger partial charge in [-0.05, 0) is 62.6 Å². The Labute approximate surface area is 168 Å². The summed E-state index contributed by atoms with van der Waals surface area (Å²) in [4.78, 5) is 12.2. The number of hydrogen-bond acceptors (Lipinski definition) is 6. The van der Waals surface area contributed by atoms with E-state index in [-0.39, 0.29) is 18.3 Å². The Morgan fingerprint density at radius 3 is 2.50 bits per heavy atom. The molecular formula is C21H23N3O3S. The van der Waals surface area contributed by atoms with Crippen LogP contribution in [0.25, 0.3) is 0 Å². The lowest BCUT2D eigenvalue weighted by Crippen LogP contribution is -2.14. The van der Waals surface area contributed by atoms with E-state index in [1.807, 2.05) is 58.0 Å². The van der Waals surface area contributed by atoms with E-state index in [2.05, 4.69) is 21.6 Å². The molecule has 1 N–H and O–H groups in total. The van der Waals surface area contributed by atoms with Gasteiger partial charge in [-0.15, -0.1) is 10.2 Å². The van der Waals surface area contributed by atoms with E-state index in [9.17, 15) is 4.79 Å². The Bertz CT molecular complexity index is 965. The van der Waals surface area contributed by atoms with Crippen molar-refractivity contribution in [3.8, 4) is 5.75 Å². The Morgan fingerprint density at radius 1 is 1.04 bits per heavy atom. The van der Waals surface area contributed by atoms with Gasteiger partial charge in [-0.3, -0.25) is 4.79 Å². The van der Waals surface area contributed by atoms with Gasteiger partial charge in [0.15, 0.2) is 6.61 Å². The molecule has 1 amide bonds. The minimum Gasteiger partial charge on any atom is -0.484 e. The molecule has 0 aliphatic carbocycles. The lowest BCUT2D eigenvalue weighted by Gasteiger charge is -2.08. The van der Waals surface area contributed by atoms with E-state index in [1.165, 1.54) is 11.8 Å². The maximum absolute atomic E-state index is 12.2. The molecule has 2 aromatic carbocycles. The first-order chi connectivity index (χ1) is 13.4. The highest BCUT2D eigenvalue weighted by molar-refractivity contribution is 7.99. The van der Waals surface area contributed by atoms with Crippen molar-refractivity contribution in [2.24, 2.45) is 0 Å². The van der Waals surface area contributed by atoms with E-state index in [0.717, 1.165) is 33.7 Å². The first kappa shape index (κ1) is 19.9. The van der Waals surface area contributed by atoms with Gasteiger partial charge in [0.2, 0.25) is 5.91 Å². The smallest absolute Gasteiger partial charge is 0.277 e. The van der Waals surface area contributed by atoms with Crippen molar-refractivity contribution in [2.75, 3.05) is 11.1 Å². The molecule has 0 fully saturated rings. The normalized spacial score (nSPS) is 10.7. The number of hydrogen-bond donors (Lipinski definition) is 1. The second kappa shape index (κ2) is 8.93. The van der Waals surface area contributed by atoms with E-state index < -0.39 is 0 Å². The summed E-state index contributed by atoms with van der Waals surface area (Å²) in [6.07, 6.45) is 0. The number of aryl methyl sites for hydroxylation is 4. The molecule has 0 bridgehead atoms. The van der Waals surface area contributed by atoms with E-state index >= 15 is 0 Å². The molecule has 1 heterocycles. The third kappa shape index (κ3) is 5.60. The van der Waals surface area contributed by atoms with Crippen molar-refractivity contribution in [1.82, 2.24) is 10.2 Å². The Morgan fingerprint density at radius 2 is 1.79 bits per heavy atom. The van der Waals surface area contributed by atoms with Crippen molar-refractivity contribution in [3.05, 3.63) is 64.5 Å². The number of nitrogens with zero attached hydrogens (tertiary/aromatic N) is 2. The fraction of sp³-hybridized carbons (Fsp3) is 0.286. The number of rotatable bonds is 7. The zero-order valence-corrected chi connectivity index (χ0v) is 17.2. The highest BCUT2D eigenvalue weighted by Gasteiger charge is 2.11. The number of aromatic nitrogens is 2. The predicted molar refractivity (Wildman–Crippen MR) is 110 cm³/mol. The van der Waals surface area contributed by atoms with Crippen molar-refractivity contribution < 1.29 is 13.9 Å². The number of ether oxygens (including phenoxy) is 1. The van der Waals surface area contributed by atoms with Crippen molar-refractivity contribution in [1.29, 1.82) is 0 Å². The summed E-state index contributed by atoms with van der Waals surface area (Å²) in [6, 6.07) is 11.9. The van der Waals surface area contributed by atoms with Crippen LogP contribution in [0, 0.1) is 27.7 Å². The first-order valence-electron chi connectivity index (χ1n) is 8.92. The lowest BCUT2D eigenvalue weighted by atomic mass is 10.1. The molecule has 0 atom stereocenters. The van der Waals surface area contributed by atoms with Crippen LogP contribution in [-0.4, -0.2) is 21.9 Å². The van der Waals surface area contributed by atoms with Gasteiger partial charge in [0.05, 0.1) is 5.75 Å². The van der Waals surface area contributed by atoms with E-state index in [1.54, 1.807) is 0 Å². The largest absolute Gasteiger partial charge is 0.484 e. The van der Waals surface area contributed by atoms with Crippen LogP contribution in [-0.2, 0) is 11.4 Å². The third-order valence-corrected chi connectivity index (χ3v) is 4.81. The molecule has 6 nitrogen and oxygen atoms in total. The molecule has 0 saturated heterocycles. The lowest BCUT2D eigenvalue weighted by molar-refractivity contribution is -0.113. The summed E-state index contributed by atoms with van der Waals surface area (Å²) >= 11 is 1.20. The number of carbonyl (C=O) groups excluding carboxylic acids is 1. The van der Waals surface area contributed by atoms with Crippen LogP contribution in [0.1, 0.15) is 28.1 Å². The van der Waals surface area contributed by atoms with Gasteiger partial charge in [-0.1, -0.05) is 35.5 Å². The van der Waals surface area contributed by atoms with Crippen LogP contribution < -0.4 is 10.1 Å². The van der Waals surface area contributed by atoms with Gasteiger partial charge in [-0.25, -0.2) is 0 Å². The molecule has 0 aliphatic heterocycles. The van der Waals surface area contributed by atoms with Gasteiger partial charge in [0, 0.05) is 5.69 Å². The molecule has 0 spiro atoms. The number of amides is 1. The van der Waals surface area contributed by atoms with Crippen LogP contribution in [0.15, 0.2) is 46.0 Å². The third-order valence-electron chi connectivity index (χ3n) is 3.99. The topological polar surface area (TPSA) is 77.2 Å². The molecule has 0 aliphatic rings. The number of thioether (sulfide) groups is 1.